The zero-order chi connectivity index (χ0) is 17.5. The van der Waals surface area contributed by atoms with Gasteiger partial charge in [-0.15, -0.1) is 6.58 Å². The van der Waals surface area contributed by atoms with Crippen LogP contribution in [0, 0.1) is 0 Å². The molecule has 0 spiro atoms. The van der Waals surface area contributed by atoms with E-state index in [1.54, 1.807) is 10.8 Å². The lowest BCUT2D eigenvalue weighted by Gasteiger charge is -2.26. The first-order valence-electron chi connectivity index (χ1n) is 8.36. The summed E-state index contributed by atoms with van der Waals surface area (Å²) in [7, 11) is 1.91. The van der Waals surface area contributed by atoms with E-state index in [0.29, 0.717) is 13.0 Å². The van der Waals surface area contributed by atoms with Crippen LogP contribution >= 0.6 is 0 Å². The number of hydrogen-bond acceptors (Lipinski definition) is 4. The Balaban J connectivity index is 1.92. The van der Waals surface area contributed by atoms with Gasteiger partial charge in [0.2, 0.25) is 11.8 Å². The van der Waals surface area contributed by atoms with Crippen molar-refractivity contribution in [1.29, 1.82) is 0 Å². The Kier molecular flexibility index (Phi) is 6.54. The molecule has 0 unspecified atom stereocenters. The topological polar surface area (TPSA) is 70.5 Å². The Hall–Kier alpha value is -2.15. The summed E-state index contributed by atoms with van der Waals surface area (Å²) in [6.07, 6.45) is 6.95. The van der Waals surface area contributed by atoms with E-state index in [0.717, 1.165) is 32.6 Å². The molecule has 1 atom stereocenters. The van der Waals surface area contributed by atoms with Crippen LogP contribution in [0.15, 0.2) is 25.0 Å². The molecular formula is C17H27N5O2. The highest BCUT2D eigenvalue weighted by atomic mass is 16.2. The third kappa shape index (κ3) is 5.19. The maximum Gasteiger partial charge on any atom is 0.245 e. The van der Waals surface area contributed by atoms with Crippen molar-refractivity contribution in [1.82, 2.24) is 24.9 Å². The molecule has 1 aromatic heterocycles. The van der Waals surface area contributed by atoms with Gasteiger partial charge in [0.15, 0.2) is 0 Å². The van der Waals surface area contributed by atoms with Crippen LogP contribution in [0.5, 0.6) is 0 Å². The van der Waals surface area contributed by atoms with Crippen LogP contribution in [0.1, 0.15) is 25.3 Å². The van der Waals surface area contributed by atoms with Gasteiger partial charge in [0.25, 0.3) is 0 Å². The molecule has 0 saturated carbocycles. The molecule has 0 aliphatic carbocycles. The molecule has 0 radical (unpaired) electrons. The standard InChI is InChI=1S/C17H27N5O2/c1-4-6-16(19-14(2)23)17(24)22-8-5-7-21(9-10-22)13-15-11-18-20(3)12-15/h4,11-12,16H,1,5-10,13H2,2-3H3,(H,19,23)/t16-/m1/s1. The van der Waals surface area contributed by atoms with E-state index in [9.17, 15) is 9.59 Å². The molecule has 0 bridgehead atoms. The number of aromatic nitrogens is 2. The van der Waals surface area contributed by atoms with Crippen LogP contribution in [0.4, 0.5) is 0 Å². The number of carbonyl (C=O) groups is 2. The number of amides is 2. The average Bonchev–Trinajstić information content (AvgIpc) is 2.80. The Bertz CT molecular complexity index is 583. The van der Waals surface area contributed by atoms with Gasteiger partial charge in [0.1, 0.15) is 6.04 Å². The van der Waals surface area contributed by atoms with Gasteiger partial charge in [0, 0.05) is 58.5 Å². The molecule has 1 N–H and O–H groups in total. The van der Waals surface area contributed by atoms with Crippen LogP contribution in [0.2, 0.25) is 0 Å². The minimum atomic E-state index is -0.509. The lowest BCUT2D eigenvalue weighted by Crippen LogP contribution is -2.48. The van der Waals surface area contributed by atoms with Crippen molar-refractivity contribution in [3.05, 3.63) is 30.6 Å². The molecule has 1 aromatic rings. The van der Waals surface area contributed by atoms with Gasteiger partial charge >= 0.3 is 0 Å². The van der Waals surface area contributed by atoms with Crippen molar-refractivity contribution in [2.24, 2.45) is 7.05 Å². The van der Waals surface area contributed by atoms with E-state index in [4.69, 9.17) is 0 Å². The lowest BCUT2D eigenvalue weighted by atomic mass is 10.1. The second-order valence-electron chi connectivity index (χ2n) is 6.25. The third-order valence-corrected chi connectivity index (χ3v) is 4.14. The van der Waals surface area contributed by atoms with Gasteiger partial charge in [0.05, 0.1) is 6.20 Å². The second kappa shape index (κ2) is 8.63. The maximum atomic E-state index is 12.7. The highest BCUT2D eigenvalue weighted by molar-refractivity contribution is 5.87. The Morgan fingerprint density at radius 1 is 1.38 bits per heavy atom. The first kappa shape index (κ1) is 18.2. The smallest absolute Gasteiger partial charge is 0.245 e. The first-order valence-corrected chi connectivity index (χ1v) is 8.36. The summed E-state index contributed by atoms with van der Waals surface area (Å²) < 4.78 is 1.80. The molecule has 1 saturated heterocycles. The highest BCUT2D eigenvalue weighted by Gasteiger charge is 2.26. The summed E-state index contributed by atoms with van der Waals surface area (Å²) in [6, 6.07) is -0.509. The number of hydrogen-bond donors (Lipinski definition) is 1. The number of aryl methyl sites for hydroxylation is 1. The molecule has 7 heteroatoms. The van der Waals surface area contributed by atoms with Crippen molar-refractivity contribution in [2.75, 3.05) is 26.2 Å². The van der Waals surface area contributed by atoms with E-state index >= 15 is 0 Å². The molecule has 7 nitrogen and oxygen atoms in total. The van der Waals surface area contributed by atoms with Gasteiger partial charge in [-0.1, -0.05) is 6.08 Å². The Morgan fingerprint density at radius 3 is 2.79 bits per heavy atom. The maximum absolute atomic E-state index is 12.7. The molecule has 1 aliphatic heterocycles. The molecule has 1 fully saturated rings. The minimum Gasteiger partial charge on any atom is -0.344 e. The average molecular weight is 333 g/mol. The van der Waals surface area contributed by atoms with Gasteiger partial charge < -0.3 is 10.2 Å². The van der Waals surface area contributed by atoms with E-state index in [-0.39, 0.29) is 11.8 Å². The Labute approximate surface area is 143 Å². The SMILES string of the molecule is C=CC[C@@H](NC(C)=O)C(=O)N1CCCN(Cc2cnn(C)c2)CC1. The first-order chi connectivity index (χ1) is 11.5. The molecule has 24 heavy (non-hydrogen) atoms. The minimum absolute atomic E-state index is 0.0201. The quantitative estimate of drug-likeness (QED) is 0.771. The summed E-state index contributed by atoms with van der Waals surface area (Å²) in [5, 5.41) is 6.92. The number of carbonyl (C=O) groups excluding carboxylic acids is 2. The van der Waals surface area contributed by atoms with Crippen molar-refractivity contribution in [3.63, 3.8) is 0 Å². The van der Waals surface area contributed by atoms with Crippen LogP contribution in [0.3, 0.4) is 0 Å². The lowest BCUT2D eigenvalue weighted by molar-refractivity contribution is -0.135. The van der Waals surface area contributed by atoms with Crippen LogP contribution in [-0.4, -0.2) is 63.6 Å². The molecule has 1 aliphatic rings. The van der Waals surface area contributed by atoms with Crippen LogP contribution in [-0.2, 0) is 23.2 Å². The summed E-state index contributed by atoms with van der Waals surface area (Å²) in [5.41, 5.74) is 1.18. The predicted molar refractivity (Wildman–Crippen MR) is 92.1 cm³/mol. The fourth-order valence-corrected chi connectivity index (χ4v) is 3.02. The zero-order valence-corrected chi connectivity index (χ0v) is 14.6. The second-order valence-corrected chi connectivity index (χ2v) is 6.25. The zero-order valence-electron chi connectivity index (χ0n) is 14.6. The molecule has 2 rings (SSSR count). The fraction of sp³-hybridized carbons (Fsp3) is 0.588. The number of rotatable bonds is 6. The molecular weight excluding hydrogens is 306 g/mol. The van der Waals surface area contributed by atoms with Crippen molar-refractivity contribution < 1.29 is 9.59 Å². The van der Waals surface area contributed by atoms with Crippen LogP contribution in [0.25, 0.3) is 0 Å². The molecule has 2 amide bonds. The summed E-state index contributed by atoms with van der Waals surface area (Å²) >= 11 is 0. The van der Waals surface area contributed by atoms with Crippen molar-refractivity contribution >= 4 is 11.8 Å². The highest BCUT2D eigenvalue weighted by Crippen LogP contribution is 2.10. The van der Waals surface area contributed by atoms with Gasteiger partial charge in [-0.05, 0) is 12.8 Å². The summed E-state index contributed by atoms with van der Waals surface area (Å²) in [5.74, 6) is -0.212. The van der Waals surface area contributed by atoms with Crippen LogP contribution < -0.4 is 5.32 Å². The monoisotopic (exact) mass is 333 g/mol. The van der Waals surface area contributed by atoms with E-state index in [1.807, 2.05) is 24.3 Å². The fourth-order valence-electron chi connectivity index (χ4n) is 3.02. The van der Waals surface area contributed by atoms with Gasteiger partial charge in [-0.25, -0.2) is 0 Å². The van der Waals surface area contributed by atoms with E-state index in [2.05, 4.69) is 21.9 Å². The molecule has 0 aromatic carbocycles. The van der Waals surface area contributed by atoms with Crippen molar-refractivity contribution in [2.45, 2.75) is 32.4 Å². The molecule has 2 heterocycles. The van der Waals surface area contributed by atoms with E-state index < -0.39 is 6.04 Å². The van der Waals surface area contributed by atoms with Gasteiger partial charge in [-0.2, -0.15) is 5.10 Å². The van der Waals surface area contributed by atoms with E-state index in [1.165, 1.54) is 12.5 Å². The normalized spacial score (nSPS) is 17.2. The van der Waals surface area contributed by atoms with Gasteiger partial charge in [-0.3, -0.25) is 19.2 Å². The summed E-state index contributed by atoms with van der Waals surface area (Å²) in [4.78, 5) is 28.2. The number of nitrogens with one attached hydrogen (secondary N) is 1. The largest absolute Gasteiger partial charge is 0.344 e. The number of nitrogens with zero attached hydrogens (tertiary/aromatic N) is 4. The summed E-state index contributed by atoms with van der Waals surface area (Å²) in [6.45, 7) is 9.11. The third-order valence-electron chi connectivity index (χ3n) is 4.14. The van der Waals surface area contributed by atoms with Crippen molar-refractivity contribution in [3.8, 4) is 0 Å². The predicted octanol–water partition coefficient (Wildman–Crippen LogP) is 0.535. The Morgan fingerprint density at radius 2 is 2.17 bits per heavy atom. The molecule has 132 valence electrons.